The van der Waals surface area contributed by atoms with E-state index in [-0.39, 0.29) is 24.2 Å². The van der Waals surface area contributed by atoms with E-state index in [0.29, 0.717) is 6.42 Å². The van der Waals surface area contributed by atoms with Crippen LogP contribution in [0.4, 0.5) is 4.79 Å². The molecule has 0 saturated heterocycles. The van der Waals surface area contributed by atoms with Crippen molar-refractivity contribution in [1.82, 2.24) is 10.6 Å². The van der Waals surface area contributed by atoms with Gasteiger partial charge in [-0.25, -0.2) is 4.79 Å². The molecule has 6 heteroatoms. The second-order valence-corrected chi connectivity index (χ2v) is 5.81. The Morgan fingerprint density at radius 1 is 1.32 bits per heavy atom. The van der Waals surface area contributed by atoms with Crippen LogP contribution in [0.2, 0.25) is 0 Å². The summed E-state index contributed by atoms with van der Waals surface area (Å²) in [6.07, 6.45) is 4.06. The SMILES string of the molecule is COC1CC(NC(=O)NC2CCCC2(C)C(=O)O)C1. The number of ether oxygens (including phenoxy) is 1. The highest BCUT2D eigenvalue weighted by atomic mass is 16.5. The number of hydrogen-bond acceptors (Lipinski definition) is 3. The van der Waals surface area contributed by atoms with Crippen LogP contribution in [-0.4, -0.2) is 42.4 Å². The average molecular weight is 270 g/mol. The van der Waals surface area contributed by atoms with E-state index in [2.05, 4.69) is 10.6 Å². The van der Waals surface area contributed by atoms with Crippen LogP contribution >= 0.6 is 0 Å². The largest absolute Gasteiger partial charge is 0.481 e. The van der Waals surface area contributed by atoms with Crippen molar-refractivity contribution < 1.29 is 19.4 Å². The Balaban J connectivity index is 1.81. The van der Waals surface area contributed by atoms with E-state index in [1.165, 1.54) is 0 Å². The molecule has 2 unspecified atom stereocenters. The maximum absolute atomic E-state index is 11.9. The van der Waals surface area contributed by atoms with Gasteiger partial charge in [0.05, 0.1) is 11.5 Å². The molecule has 0 aliphatic heterocycles. The topological polar surface area (TPSA) is 87.7 Å². The summed E-state index contributed by atoms with van der Waals surface area (Å²) in [5.41, 5.74) is -0.841. The molecule has 108 valence electrons. The first-order valence-corrected chi connectivity index (χ1v) is 6.79. The van der Waals surface area contributed by atoms with Gasteiger partial charge in [0.25, 0.3) is 0 Å². The van der Waals surface area contributed by atoms with Crippen LogP contribution in [0.25, 0.3) is 0 Å². The Morgan fingerprint density at radius 3 is 2.58 bits per heavy atom. The van der Waals surface area contributed by atoms with Crippen molar-refractivity contribution >= 4 is 12.0 Å². The van der Waals surface area contributed by atoms with E-state index in [1.54, 1.807) is 14.0 Å². The number of carbonyl (C=O) groups is 2. The van der Waals surface area contributed by atoms with E-state index in [0.717, 1.165) is 25.7 Å². The van der Waals surface area contributed by atoms with E-state index in [4.69, 9.17) is 4.74 Å². The third-order valence-electron chi connectivity index (χ3n) is 4.52. The lowest BCUT2D eigenvalue weighted by Gasteiger charge is -2.35. The number of carbonyl (C=O) groups excluding carboxylic acids is 1. The maximum Gasteiger partial charge on any atom is 0.315 e. The number of methoxy groups -OCH3 is 1. The van der Waals surface area contributed by atoms with Crippen LogP contribution in [0.5, 0.6) is 0 Å². The highest BCUT2D eigenvalue weighted by Crippen LogP contribution is 2.38. The van der Waals surface area contributed by atoms with Crippen molar-refractivity contribution in [3.05, 3.63) is 0 Å². The molecule has 2 rings (SSSR count). The Bertz CT molecular complexity index is 368. The molecule has 0 aromatic carbocycles. The molecule has 2 amide bonds. The van der Waals surface area contributed by atoms with Crippen LogP contribution in [0, 0.1) is 5.41 Å². The smallest absolute Gasteiger partial charge is 0.315 e. The summed E-state index contributed by atoms with van der Waals surface area (Å²) in [6.45, 7) is 1.71. The zero-order chi connectivity index (χ0) is 14.0. The van der Waals surface area contributed by atoms with Crippen molar-refractivity contribution in [2.45, 2.75) is 57.2 Å². The van der Waals surface area contributed by atoms with E-state index in [9.17, 15) is 14.7 Å². The van der Waals surface area contributed by atoms with Gasteiger partial charge in [0.2, 0.25) is 0 Å². The monoisotopic (exact) mass is 270 g/mol. The lowest BCUT2D eigenvalue weighted by Crippen LogP contribution is -2.55. The van der Waals surface area contributed by atoms with Gasteiger partial charge < -0.3 is 20.5 Å². The molecule has 0 aromatic heterocycles. The predicted octanol–water partition coefficient (Wildman–Crippen LogP) is 1.11. The Labute approximate surface area is 112 Å². The summed E-state index contributed by atoms with van der Waals surface area (Å²) in [4.78, 5) is 23.2. The lowest BCUT2D eigenvalue weighted by atomic mass is 9.85. The minimum absolute atomic E-state index is 0.141. The van der Waals surface area contributed by atoms with Gasteiger partial charge >= 0.3 is 12.0 Å². The Hall–Kier alpha value is -1.30. The number of amides is 2. The van der Waals surface area contributed by atoms with Gasteiger partial charge in [0.1, 0.15) is 0 Å². The van der Waals surface area contributed by atoms with Gasteiger partial charge in [-0.05, 0) is 32.6 Å². The summed E-state index contributed by atoms with van der Waals surface area (Å²) in [7, 11) is 1.66. The van der Waals surface area contributed by atoms with Gasteiger partial charge in [0.15, 0.2) is 0 Å². The summed E-state index contributed by atoms with van der Waals surface area (Å²) >= 11 is 0. The first-order chi connectivity index (χ1) is 8.95. The lowest BCUT2D eigenvalue weighted by molar-refractivity contribution is -0.148. The number of urea groups is 1. The molecule has 6 nitrogen and oxygen atoms in total. The Morgan fingerprint density at radius 2 is 2.00 bits per heavy atom. The van der Waals surface area contributed by atoms with Gasteiger partial charge in [-0.3, -0.25) is 4.79 Å². The van der Waals surface area contributed by atoms with Gasteiger partial charge in [0, 0.05) is 19.2 Å². The molecule has 2 aliphatic carbocycles. The fraction of sp³-hybridized carbons (Fsp3) is 0.846. The van der Waals surface area contributed by atoms with Crippen molar-refractivity contribution in [1.29, 1.82) is 0 Å². The summed E-state index contributed by atoms with van der Waals surface area (Å²) in [5.74, 6) is -0.835. The molecule has 19 heavy (non-hydrogen) atoms. The summed E-state index contributed by atoms with van der Waals surface area (Å²) in [5, 5.41) is 14.9. The van der Waals surface area contributed by atoms with Crippen molar-refractivity contribution in [3.8, 4) is 0 Å². The molecule has 0 bridgehead atoms. The van der Waals surface area contributed by atoms with E-state index in [1.807, 2.05) is 0 Å². The first kappa shape index (κ1) is 14.1. The van der Waals surface area contributed by atoms with Crippen LogP contribution < -0.4 is 10.6 Å². The molecule has 2 atom stereocenters. The van der Waals surface area contributed by atoms with E-state index >= 15 is 0 Å². The Kier molecular flexibility index (Phi) is 3.99. The minimum atomic E-state index is -0.841. The van der Waals surface area contributed by atoms with Crippen molar-refractivity contribution in [2.75, 3.05) is 7.11 Å². The number of rotatable bonds is 4. The van der Waals surface area contributed by atoms with Gasteiger partial charge in [-0.15, -0.1) is 0 Å². The summed E-state index contributed by atoms with van der Waals surface area (Å²) < 4.78 is 5.15. The zero-order valence-corrected chi connectivity index (χ0v) is 11.4. The highest BCUT2D eigenvalue weighted by molar-refractivity contribution is 5.79. The third-order valence-corrected chi connectivity index (χ3v) is 4.52. The standard InChI is InChI=1S/C13H22N2O4/c1-13(11(16)17)5-3-4-10(13)15-12(18)14-8-6-9(7-8)19-2/h8-10H,3-7H2,1-2H3,(H,16,17)(H2,14,15,18). The van der Waals surface area contributed by atoms with Gasteiger partial charge in [-0.2, -0.15) is 0 Å². The highest BCUT2D eigenvalue weighted by Gasteiger charge is 2.46. The van der Waals surface area contributed by atoms with Crippen LogP contribution in [0.15, 0.2) is 0 Å². The van der Waals surface area contributed by atoms with Crippen LogP contribution in [0.3, 0.4) is 0 Å². The van der Waals surface area contributed by atoms with Crippen molar-refractivity contribution in [3.63, 3.8) is 0 Å². The van der Waals surface area contributed by atoms with Crippen molar-refractivity contribution in [2.24, 2.45) is 5.41 Å². The second kappa shape index (κ2) is 5.36. The minimum Gasteiger partial charge on any atom is -0.481 e. The average Bonchev–Trinajstić information content (AvgIpc) is 2.66. The van der Waals surface area contributed by atoms with E-state index < -0.39 is 11.4 Å². The zero-order valence-electron chi connectivity index (χ0n) is 11.4. The molecule has 2 fully saturated rings. The molecule has 0 heterocycles. The molecule has 2 saturated carbocycles. The number of nitrogens with one attached hydrogen (secondary N) is 2. The molecule has 2 aliphatic rings. The molecule has 0 spiro atoms. The third kappa shape index (κ3) is 2.83. The molecule has 0 radical (unpaired) electrons. The molecule has 3 N–H and O–H groups in total. The quantitative estimate of drug-likeness (QED) is 0.714. The fourth-order valence-corrected chi connectivity index (χ4v) is 2.91. The predicted molar refractivity (Wildman–Crippen MR) is 68.9 cm³/mol. The first-order valence-electron chi connectivity index (χ1n) is 6.79. The second-order valence-electron chi connectivity index (χ2n) is 5.81. The normalized spacial score (nSPS) is 37.5. The summed E-state index contributed by atoms with van der Waals surface area (Å²) in [6, 6.07) is -0.412. The number of carboxylic acid groups (broad SMARTS) is 1. The van der Waals surface area contributed by atoms with Crippen LogP contribution in [0.1, 0.15) is 39.0 Å². The van der Waals surface area contributed by atoms with Gasteiger partial charge in [-0.1, -0.05) is 6.42 Å². The maximum atomic E-state index is 11.9. The number of carboxylic acids is 1. The molecular formula is C13H22N2O4. The molecular weight excluding hydrogens is 248 g/mol. The number of hydrogen-bond donors (Lipinski definition) is 3. The fourth-order valence-electron chi connectivity index (χ4n) is 2.91. The van der Waals surface area contributed by atoms with Crippen LogP contribution in [-0.2, 0) is 9.53 Å². The number of aliphatic carboxylic acids is 1. The molecule has 0 aromatic rings.